The summed E-state index contributed by atoms with van der Waals surface area (Å²) in [6, 6.07) is -0.177. The van der Waals surface area contributed by atoms with Gasteiger partial charge in [0.25, 0.3) is 0 Å². The smallest absolute Gasteiger partial charge is 0.221 e. The van der Waals surface area contributed by atoms with Gasteiger partial charge in [0.1, 0.15) is 0 Å². The van der Waals surface area contributed by atoms with Gasteiger partial charge in [0, 0.05) is 19.0 Å². The van der Waals surface area contributed by atoms with E-state index < -0.39 is 9.84 Å². The third kappa shape index (κ3) is 3.63. The van der Waals surface area contributed by atoms with Crippen LogP contribution in [0.15, 0.2) is 0 Å². The maximum Gasteiger partial charge on any atom is 0.221 e. The lowest BCUT2D eigenvalue weighted by atomic mass is 10.2. The average Bonchev–Trinajstić information content (AvgIpc) is 2.42. The molecular weight excluding hydrogens is 204 g/mol. The van der Waals surface area contributed by atoms with Crippen molar-refractivity contribution in [1.82, 2.24) is 10.6 Å². The topological polar surface area (TPSA) is 75.3 Å². The number of hydrogen-bond acceptors (Lipinski definition) is 4. The quantitative estimate of drug-likeness (QED) is 0.630. The lowest BCUT2D eigenvalue weighted by Crippen LogP contribution is -2.36. The summed E-state index contributed by atoms with van der Waals surface area (Å²) in [5, 5.41) is 5.57. The number of sulfone groups is 1. The normalized spacial score (nSPS) is 24.8. The molecule has 0 spiro atoms. The standard InChI is InChI=1S/C8H16N2O3S/c1-9-4-2-8(11)10-7-3-5-14(12,13)6-7/h7,9H,2-6H2,1H3,(H,10,11). The molecule has 0 bridgehead atoms. The second-order valence-corrected chi connectivity index (χ2v) is 5.75. The molecule has 0 aliphatic carbocycles. The molecule has 1 amide bonds. The first-order valence-electron chi connectivity index (χ1n) is 4.68. The van der Waals surface area contributed by atoms with Crippen molar-refractivity contribution in [2.75, 3.05) is 25.1 Å². The third-order valence-electron chi connectivity index (χ3n) is 2.20. The van der Waals surface area contributed by atoms with Crippen LogP contribution < -0.4 is 10.6 Å². The summed E-state index contributed by atoms with van der Waals surface area (Å²) in [6.45, 7) is 0.616. The number of rotatable bonds is 4. The van der Waals surface area contributed by atoms with E-state index in [0.29, 0.717) is 19.4 Å². The molecule has 1 atom stereocenters. The highest BCUT2D eigenvalue weighted by molar-refractivity contribution is 7.91. The molecule has 1 rings (SSSR count). The highest BCUT2D eigenvalue weighted by atomic mass is 32.2. The molecule has 1 heterocycles. The second-order valence-electron chi connectivity index (χ2n) is 3.52. The van der Waals surface area contributed by atoms with Crippen LogP contribution in [-0.2, 0) is 14.6 Å². The molecule has 0 aromatic heterocycles. The maximum atomic E-state index is 11.2. The number of nitrogens with one attached hydrogen (secondary N) is 2. The predicted molar refractivity (Wildman–Crippen MR) is 53.7 cm³/mol. The molecule has 0 aromatic rings. The number of hydrogen-bond donors (Lipinski definition) is 2. The number of carbonyl (C=O) groups is 1. The molecule has 2 N–H and O–H groups in total. The fourth-order valence-corrected chi connectivity index (χ4v) is 3.12. The van der Waals surface area contributed by atoms with Gasteiger partial charge in [-0.3, -0.25) is 4.79 Å². The molecule has 1 aliphatic rings. The van der Waals surface area contributed by atoms with Crippen LogP contribution in [0, 0.1) is 0 Å². The SMILES string of the molecule is CNCCC(=O)NC1CCS(=O)(=O)C1. The Morgan fingerprint density at radius 2 is 2.21 bits per heavy atom. The third-order valence-corrected chi connectivity index (χ3v) is 3.97. The van der Waals surface area contributed by atoms with E-state index in [2.05, 4.69) is 10.6 Å². The summed E-state index contributed by atoms with van der Waals surface area (Å²) < 4.78 is 22.1. The van der Waals surface area contributed by atoms with Crippen LogP contribution >= 0.6 is 0 Å². The van der Waals surface area contributed by atoms with Crippen molar-refractivity contribution in [3.63, 3.8) is 0 Å². The van der Waals surface area contributed by atoms with E-state index in [1.165, 1.54) is 0 Å². The van der Waals surface area contributed by atoms with Crippen molar-refractivity contribution in [3.8, 4) is 0 Å². The van der Waals surface area contributed by atoms with Gasteiger partial charge in [-0.2, -0.15) is 0 Å². The van der Waals surface area contributed by atoms with Crippen LogP contribution in [0.2, 0.25) is 0 Å². The molecule has 1 aliphatic heterocycles. The zero-order valence-corrected chi connectivity index (χ0v) is 9.06. The first-order valence-corrected chi connectivity index (χ1v) is 6.50. The average molecular weight is 220 g/mol. The van der Waals surface area contributed by atoms with Gasteiger partial charge in [0.15, 0.2) is 9.84 Å². The van der Waals surface area contributed by atoms with E-state index >= 15 is 0 Å². The van der Waals surface area contributed by atoms with Crippen molar-refractivity contribution in [3.05, 3.63) is 0 Å². The lowest BCUT2D eigenvalue weighted by molar-refractivity contribution is -0.121. The highest BCUT2D eigenvalue weighted by Crippen LogP contribution is 2.10. The van der Waals surface area contributed by atoms with E-state index in [1.54, 1.807) is 7.05 Å². The Balaban J connectivity index is 2.29. The first-order chi connectivity index (χ1) is 6.53. The molecule has 0 saturated carbocycles. The molecule has 6 heteroatoms. The van der Waals surface area contributed by atoms with Gasteiger partial charge in [-0.05, 0) is 13.5 Å². The van der Waals surface area contributed by atoms with E-state index in [4.69, 9.17) is 0 Å². The molecular formula is C8H16N2O3S. The van der Waals surface area contributed by atoms with Gasteiger partial charge in [0.05, 0.1) is 11.5 Å². The van der Waals surface area contributed by atoms with Crippen LogP contribution in [0.3, 0.4) is 0 Å². The second kappa shape index (κ2) is 4.75. The number of carbonyl (C=O) groups excluding carboxylic acids is 1. The van der Waals surface area contributed by atoms with Crippen molar-refractivity contribution in [2.45, 2.75) is 18.9 Å². The predicted octanol–water partition coefficient (Wildman–Crippen LogP) is -1.10. The van der Waals surface area contributed by atoms with Crippen LogP contribution in [0.5, 0.6) is 0 Å². The zero-order chi connectivity index (χ0) is 10.6. The maximum absolute atomic E-state index is 11.2. The van der Waals surface area contributed by atoms with Crippen molar-refractivity contribution in [2.24, 2.45) is 0 Å². The fraction of sp³-hybridized carbons (Fsp3) is 0.875. The molecule has 0 aromatic carbocycles. The van der Waals surface area contributed by atoms with Crippen LogP contribution in [0.1, 0.15) is 12.8 Å². The van der Waals surface area contributed by atoms with Gasteiger partial charge >= 0.3 is 0 Å². The summed E-state index contributed by atoms with van der Waals surface area (Å²) in [6.07, 6.45) is 0.945. The Morgan fingerprint density at radius 3 is 2.71 bits per heavy atom. The summed E-state index contributed by atoms with van der Waals surface area (Å²) in [5.74, 6) is 0.212. The van der Waals surface area contributed by atoms with Gasteiger partial charge in [-0.25, -0.2) is 8.42 Å². The van der Waals surface area contributed by atoms with Crippen molar-refractivity contribution in [1.29, 1.82) is 0 Å². The minimum atomic E-state index is -2.89. The van der Waals surface area contributed by atoms with E-state index in [-0.39, 0.29) is 23.5 Å². The Bertz CT molecular complexity index is 300. The Hall–Kier alpha value is -0.620. The monoisotopic (exact) mass is 220 g/mol. The van der Waals surface area contributed by atoms with Gasteiger partial charge in [-0.15, -0.1) is 0 Å². The van der Waals surface area contributed by atoms with Crippen molar-refractivity contribution < 1.29 is 13.2 Å². The summed E-state index contributed by atoms with van der Waals surface area (Å²) in [7, 11) is -1.12. The molecule has 14 heavy (non-hydrogen) atoms. The van der Waals surface area contributed by atoms with Gasteiger partial charge in [0.2, 0.25) is 5.91 Å². The largest absolute Gasteiger partial charge is 0.352 e. The van der Waals surface area contributed by atoms with E-state index in [0.717, 1.165) is 0 Å². The fourth-order valence-electron chi connectivity index (χ4n) is 1.45. The van der Waals surface area contributed by atoms with Crippen LogP contribution in [0.25, 0.3) is 0 Å². The Kier molecular flexibility index (Phi) is 3.88. The van der Waals surface area contributed by atoms with Crippen LogP contribution in [-0.4, -0.2) is 45.5 Å². The van der Waals surface area contributed by atoms with Gasteiger partial charge < -0.3 is 10.6 Å². The number of amides is 1. The van der Waals surface area contributed by atoms with Crippen molar-refractivity contribution >= 4 is 15.7 Å². The Labute approximate surface area is 84.2 Å². The molecule has 1 unspecified atom stereocenters. The lowest BCUT2D eigenvalue weighted by Gasteiger charge is -2.10. The molecule has 5 nitrogen and oxygen atoms in total. The molecule has 1 saturated heterocycles. The molecule has 0 radical (unpaired) electrons. The summed E-state index contributed by atoms with van der Waals surface area (Å²) >= 11 is 0. The zero-order valence-electron chi connectivity index (χ0n) is 8.25. The molecule has 82 valence electrons. The molecule has 1 fully saturated rings. The first kappa shape index (κ1) is 11.5. The Morgan fingerprint density at radius 1 is 1.50 bits per heavy atom. The summed E-state index contributed by atoms with van der Waals surface area (Å²) in [5.41, 5.74) is 0. The van der Waals surface area contributed by atoms with E-state index in [1.807, 2.05) is 0 Å². The van der Waals surface area contributed by atoms with Crippen LogP contribution in [0.4, 0.5) is 0 Å². The highest BCUT2D eigenvalue weighted by Gasteiger charge is 2.28. The summed E-state index contributed by atoms with van der Waals surface area (Å²) in [4.78, 5) is 11.2. The minimum Gasteiger partial charge on any atom is -0.352 e. The van der Waals surface area contributed by atoms with Gasteiger partial charge in [-0.1, -0.05) is 0 Å². The van der Waals surface area contributed by atoms with E-state index in [9.17, 15) is 13.2 Å². The minimum absolute atomic E-state index is 0.0820.